The molecule has 0 bridgehead atoms. The molecule has 0 N–H and O–H groups in total. The molecule has 0 aliphatic heterocycles. The van der Waals surface area contributed by atoms with E-state index in [0.717, 1.165) is 0 Å². The third-order valence-corrected chi connectivity index (χ3v) is 1.77. The van der Waals surface area contributed by atoms with E-state index in [0.29, 0.717) is 12.8 Å². The summed E-state index contributed by atoms with van der Waals surface area (Å²) < 4.78 is 36.8. The molecule has 1 unspecified atom stereocenters. The molecule has 0 nitrogen and oxygen atoms in total. The average molecular weight is 192 g/mol. The van der Waals surface area contributed by atoms with E-state index < -0.39 is 12.1 Å². The van der Waals surface area contributed by atoms with Crippen LogP contribution in [-0.4, -0.2) is 6.18 Å². The molecule has 3 heteroatoms. The van der Waals surface area contributed by atoms with Gasteiger partial charge in [-0.1, -0.05) is 18.2 Å². The maximum Gasteiger partial charge on any atom is 0.395 e. The molecule has 0 aliphatic carbocycles. The highest BCUT2D eigenvalue weighted by Gasteiger charge is 2.36. The fourth-order valence-corrected chi connectivity index (χ4v) is 1.08. The summed E-state index contributed by atoms with van der Waals surface area (Å²) in [5.41, 5.74) is 0. The van der Waals surface area contributed by atoms with Gasteiger partial charge in [-0.25, -0.2) is 0 Å². The molecule has 76 valence electrons. The predicted octanol–water partition coefficient (Wildman–Crippen LogP) is 4.10. The van der Waals surface area contributed by atoms with E-state index in [1.807, 2.05) is 0 Å². The van der Waals surface area contributed by atoms with Crippen LogP contribution in [0, 0.1) is 5.92 Å². The highest BCUT2D eigenvalue weighted by Crippen LogP contribution is 2.31. The fourth-order valence-electron chi connectivity index (χ4n) is 1.08. The third kappa shape index (κ3) is 5.50. The lowest BCUT2D eigenvalue weighted by molar-refractivity contribution is -0.162. The topological polar surface area (TPSA) is 0 Å². The van der Waals surface area contributed by atoms with E-state index >= 15 is 0 Å². The minimum absolute atomic E-state index is 0.153. The van der Waals surface area contributed by atoms with Gasteiger partial charge in [0.2, 0.25) is 0 Å². The molecule has 0 aromatic carbocycles. The van der Waals surface area contributed by atoms with Gasteiger partial charge in [0.1, 0.15) is 0 Å². The normalized spacial score (nSPS) is 14.8. The standard InChI is InChI=1S/C10H15F3/c1-3-5-6-8-9(7-4-2)10(11,12)13/h3-4,7,9H,1,5-6,8H2,2H3. The van der Waals surface area contributed by atoms with Crippen LogP contribution in [0.3, 0.4) is 0 Å². The maximum absolute atomic E-state index is 12.3. The number of halogens is 3. The first-order valence-electron chi connectivity index (χ1n) is 4.32. The summed E-state index contributed by atoms with van der Waals surface area (Å²) >= 11 is 0. The molecular weight excluding hydrogens is 177 g/mol. The Morgan fingerprint density at radius 2 is 2.00 bits per heavy atom. The van der Waals surface area contributed by atoms with Gasteiger partial charge in [-0.05, 0) is 26.2 Å². The lowest BCUT2D eigenvalue weighted by Crippen LogP contribution is -2.20. The molecule has 0 radical (unpaired) electrons. The van der Waals surface area contributed by atoms with Crippen molar-refractivity contribution in [3.8, 4) is 0 Å². The SMILES string of the molecule is C=CCCCC(C=CC)C(F)(F)F. The number of rotatable bonds is 5. The number of hydrogen-bond acceptors (Lipinski definition) is 0. The molecule has 1 atom stereocenters. The van der Waals surface area contributed by atoms with E-state index in [4.69, 9.17) is 0 Å². The van der Waals surface area contributed by atoms with Crippen molar-refractivity contribution in [3.63, 3.8) is 0 Å². The zero-order valence-electron chi connectivity index (χ0n) is 7.77. The Kier molecular flexibility index (Phi) is 5.51. The first-order valence-corrected chi connectivity index (χ1v) is 4.32. The van der Waals surface area contributed by atoms with Crippen molar-refractivity contribution in [2.75, 3.05) is 0 Å². The summed E-state index contributed by atoms with van der Waals surface area (Å²) in [7, 11) is 0. The van der Waals surface area contributed by atoms with Crippen LogP contribution in [-0.2, 0) is 0 Å². The molecule has 0 heterocycles. The van der Waals surface area contributed by atoms with Crippen molar-refractivity contribution in [3.05, 3.63) is 24.8 Å². The number of alkyl halides is 3. The van der Waals surface area contributed by atoms with E-state index in [-0.39, 0.29) is 6.42 Å². The molecule has 0 rings (SSSR count). The number of hydrogen-bond donors (Lipinski definition) is 0. The zero-order valence-corrected chi connectivity index (χ0v) is 7.77. The van der Waals surface area contributed by atoms with Gasteiger partial charge in [0.25, 0.3) is 0 Å². The predicted molar refractivity (Wildman–Crippen MR) is 48.4 cm³/mol. The molecule has 0 saturated carbocycles. The van der Waals surface area contributed by atoms with Crippen molar-refractivity contribution in [2.45, 2.75) is 32.4 Å². The van der Waals surface area contributed by atoms with E-state index in [2.05, 4.69) is 6.58 Å². The van der Waals surface area contributed by atoms with Crippen LogP contribution in [0.15, 0.2) is 24.8 Å². The Morgan fingerprint density at radius 1 is 1.38 bits per heavy atom. The molecule has 0 aromatic rings. The van der Waals surface area contributed by atoms with Crippen molar-refractivity contribution >= 4 is 0 Å². The van der Waals surface area contributed by atoms with Crippen molar-refractivity contribution in [1.29, 1.82) is 0 Å². The van der Waals surface area contributed by atoms with Crippen LogP contribution in [0.4, 0.5) is 13.2 Å². The van der Waals surface area contributed by atoms with Gasteiger partial charge in [0.15, 0.2) is 0 Å². The Hall–Kier alpha value is -0.730. The summed E-state index contributed by atoms with van der Waals surface area (Å²) in [6, 6.07) is 0. The van der Waals surface area contributed by atoms with E-state index in [1.165, 1.54) is 12.2 Å². The molecule has 0 spiro atoms. The Labute approximate surface area is 77.1 Å². The molecule has 0 saturated heterocycles. The second kappa shape index (κ2) is 5.84. The van der Waals surface area contributed by atoms with Gasteiger partial charge >= 0.3 is 6.18 Å². The Bertz CT molecular complexity index is 167. The van der Waals surface area contributed by atoms with Crippen LogP contribution in [0.5, 0.6) is 0 Å². The average Bonchev–Trinajstić information content (AvgIpc) is 2.01. The molecule has 0 fully saturated rings. The van der Waals surface area contributed by atoms with Crippen LogP contribution in [0.2, 0.25) is 0 Å². The summed E-state index contributed by atoms with van der Waals surface area (Å²) in [5, 5.41) is 0. The van der Waals surface area contributed by atoms with Crippen molar-refractivity contribution in [2.24, 2.45) is 5.92 Å². The van der Waals surface area contributed by atoms with Crippen LogP contribution < -0.4 is 0 Å². The van der Waals surface area contributed by atoms with Crippen molar-refractivity contribution in [1.82, 2.24) is 0 Å². The highest BCUT2D eigenvalue weighted by molar-refractivity contribution is 4.90. The summed E-state index contributed by atoms with van der Waals surface area (Å²) in [4.78, 5) is 0. The van der Waals surface area contributed by atoms with Gasteiger partial charge < -0.3 is 0 Å². The summed E-state index contributed by atoms with van der Waals surface area (Å²) in [6.07, 6.45) is 1.54. The van der Waals surface area contributed by atoms with Gasteiger partial charge in [-0.2, -0.15) is 13.2 Å². The lowest BCUT2D eigenvalue weighted by atomic mass is 10.0. The molecule has 13 heavy (non-hydrogen) atoms. The third-order valence-electron chi connectivity index (χ3n) is 1.77. The maximum atomic E-state index is 12.3. The molecule has 0 amide bonds. The lowest BCUT2D eigenvalue weighted by Gasteiger charge is -2.15. The largest absolute Gasteiger partial charge is 0.395 e. The van der Waals surface area contributed by atoms with Crippen molar-refractivity contribution < 1.29 is 13.2 Å². The Morgan fingerprint density at radius 3 is 2.38 bits per heavy atom. The monoisotopic (exact) mass is 192 g/mol. The first kappa shape index (κ1) is 12.3. The second-order valence-corrected chi connectivity index (χ2v) is 2.89. The summed E-state index contributed by atoms with van der Waals surface area (Å²) in [5.74, 6) is -1.29. The second-order valence-electron chi connectivity index (χ2n) is 2.89. The van der Waals surface area contributed by atoms with Crippen LogP contribution in [0.25, 0.3) is 0 Å². The van der Waals surface area contributed by atoms with Crippen LogP contribution in [0.1, 0.15) is 26.2 Å². The number of allylic oxidation sites excluding steroid dienone is 3. The molecule has 0 aliphatic rings. The zero-order chi connectivity index (χ0) is 10.3. The minimum atomic E-state index is -4.10. The smallest absolute Gasteiger partial charge is 0.170 e. The molecular formula is C10H15F3. The van der Waals surface area contributed by atoms with E-state index in [1.54, 1.807) is 13.0 Å². The van der Waals surface area contributed by atoms with Gasteiger partial charge in [-0.15, -0.1) is 6.58 Å². The van der Waals surface area contributed by atoms with Gasteiger partial charge in [-0.3, -0.25) is 0 Å². The highest BCUT2D eigenvalue weighted by atomic mass is 19.4. The minimum Gasteiger partial charge on any atom is -0.170 e. The number of unbranched alkanes of at least 4 members (excludes halogenated alkanes) is 1. The first-order chi connectivity index (χ1) is 6.02. The molecule has 0 aromatic heterocycles. The van der Waals surface area contributed by atoms with Gasteiger partial charge in [0, 0.05) is 0 Å². The van der Waals surface area contributed by atoms with Gasteiger partial charge in [0.05, 0.1) is 5.92 Å². The van der Waals surface area contributed by atoms with E-state index in [9.17, 15) is 13.2 Å². The Balaban J connectivity index is 4.03. The fraction of sp³-hybridized carbons (Fsp3) is 0.600. The quantitative estimate of drug-likeness (QED) is 0.454. The summed E-state index contributed by atoms with van der Waals surface area (Å²) in [6.45, 7) is 5.07. The van der Waals surface area contributed by atoms with Crippen LogP contribution >= 0.6 is 0 Å².